The molecule has 1 aromatic rings. The first-order valence-electron chi connectivity index (χ1n) is 5.78. The van der Waals surface area contributed by atoms with Crippen molar-refractivity contribution in [3.8, 4) is 5.40 Å². The molecule has 0 aliphatic rings. The van der Waals surface area contributed by atoms with Gasteiger partial charge in [-0.25, -0.2) is 0 Å². The Morgan fingerprint density at radius 3 is 2.48 bits per heavy atom. The minimum Gasteiger partial charge on any atom is -0.382 e. The molecule has 118 valence electrons. The highest BCUT2D eigenvalue weighted by Crippen LogP contribution is 2.45. The van der Waals surface area contributed by atoms with Crippen molar-refractivity contribution in [1.29, 1.82) is 5.26 Å². The largest absolute Gasteiger partial charge is 0.459 e. The molecule has 21 heavy (non-hydrogen) atoms. The van der Waals surface area contributed by atoms with E-state index in [1.807, 2.05) is 0 Å². The van der Waals surface area contributed by atoms with Gasteiger partial charge in [0.1, 0.15) is 16.1 Å². The van der Waals surface area contributed by atoms with Crippen molar-refractivity contribution in [2.45, 2.75) is 36.5 Å². The van der Waals surface area contributed by atoms with Crippen LogP contribution < -0.4 is 0 Å². The third-order valence-corrected chi connectivity index (χ3v) is 3.22. The van der Waals surface area contributed by atoms with Crippen LogP contribution in [-0.2, 0) is 10.7 Å². The molecule has 10 heteroatoms. The van der Waals surface area contributed by atoms with Crippen LogP contribution in [0.15, 0.2) is 11.1 Å². The standard InChI is InChI=1S/C11H12F5N3OS/c1-3-7(5-20-2)19-8(4-9(18-19)21-6-17)10(12,13)11(14,15)16/h4,7H,3,5H2,1-2H3. The monoisotopic (exact) mass is 329 g/mol. The molecule has 1 rings (SSSR count). The second-order valence-electron chi connectivity index (χ2n) is 4.10. The Labute approximate surface area is 121 Å². The number of alkyl halides is 5. The molecule has 0 aliphatic carbocycles. The summed E-state index contributed by atoms with van der Waals surface area (Å²) in [5, 5.41) is 13.5. The summed E-state index contributed by atoms with van der Waals surface area (Å²) in [5.41, 5.74) is -1.29. The first-order chi connectivity index (χ1) is 9.68. The number of nitriles is 1. The molecule has 0 N–H and O–H groups in total. The molecule has 0 aromatic carbocycles. The normalized spacial score (nSPS) is 14.0. The highest BCUT2D eigenvalue weighted by atomic mass is 32.2. The van der Waals surface area contributed by atoms with Gasteiger partial charge in [-0.15, -0.1) is 0 Å². The van der Waals surface area contributed by atoms with Crippen molar-refractivity contribution >= 4 is 11.8 Å². The van der Waals surface area contributed by atoms with Crippen LogP contribution in [0.2, 0.25) is 0 Å². The van der Waals surface area contributed by atoms with Gasteiger partial charge < -0.3 is 4.74 Å². The van der Waals surface area contributed by atoms with E-state index >= 15 is 0 Å². The van der Waals surface area contributed by atoms with Gasteiger partial charge in [0.15, 0.2) is 0 Å². The predicted molar refractivity (Wildman–Crippen MR) is 64.9 cm³/mol. The summed E-state index contributed by atoms with van der Waals surface area (Å²) in [7, 11) is 1.30. The average Bonchev–Trinajstić information content (AvgIpc) is 2.79. The van der Waals surface area contributed by atoms with Gasteiger partial charge >= 0.3 is 12.1 Å². The molecule has 0 saturated heterocycles. The Hall–Kier alpha value is -1.34. The minimum absolute atomic E-state index is 0.0736. The lowest BCUT2D eigenvalue weighted by molar-refractivity contribution is -0.292. The molecule has 0 aliphatic heterocycles. The fourth-order valence-electron chi connectivity index (χ4n) is 1.68. The molecule has 0 spiro atoms. The summed E-state index contributed by atoms with van der Waals surface area (Å²) in [6.07, 6.45) is -5.50. The van der Waals surface area contributed by atoms with Gasteiger partial charge in [-0.1, -0.05) is 6.92 Å². The molecule has 1 aromatic heterocycles. The quantitative estimate of drug-likeness (QED) is 0.453. The van der Waals surface area contributed by atoms with E-state index in [0.29, 0.717) is 22.5 Å². The number of thioether (sulfide) groups is 1. The number of aromatic nitrogens is 2. The topological polar surface area (TPSA) is 50.8 Å². The molecular formula is C11H12F5N3OS. The summed E-state index contributed by atoms with van der Waals surface area (Å²) in [5.74, 6) is -5.06. The van der Waals surface area contributed by atoms with Crippen LogP contribution >= 0.6 is 11.8 Å². The Kier molecular flexibility index (Phi) is 5.58. The summed E-state index contributed by atoms with van der Waals surface area (Å²) >= 11 is 0.415. The third kappa shape index (κ3) is 3.65. The minimum atomic E-state index is -5.75. The van der Waals surface area contributed by atoms with E-state index in [2.05, 4.69) is 5.10 Å². The van der Waals surface area contributed by atoms with Crippen molar-refractivity contribution in [3.05, 3.63) is 11.8 Å². The molecule has 0 bridgehead atoms. The molecule has 1 unspecified atom stereocenters. The van der Waals surface area contributed by atoms with E-state index in [4.69, 9.17) is 10.00 Å². The summed E-state index contributed by atoms with van der Waals surface area (Å²) in [6, 6.07) is -0.203. The van der Waals surface area contributed by atoms with Crippen molar-refractivity contribution in [1.82, 2.24) is 9.78 Å². The van der Waals surface area contributed by atoms with Gasteiger partial charge in [-0.05, 0) is 6.42 Å². The number of hydrogen-bond donors (Lipinski definition) is 0. The van der Waals surface area contributed by atoms with Gasteiger partial charge in [-0.2, -0.15) is 32.3 Å². The van der Waals surface area contributed by atoms with Crippen LogP contribution in [0.25, 0.3) is 0 Å². The lowest BCUT2D eigenvalue weighted by atomic mass is 10.2. The number of nitrogens with zero attached hydrogens (tertiary/aromatic N) is 3. The number of halogens is 5. The smallest absolute Gasteiger partial charge is 0.382 e. The van der Waals surface area contributed by atoms with Crippen LogP contribution in [0, 0.1) is 10.7 Å². The molecule has 0 fully saturated rings. The molecule has 1 atom stereocenters. The summed E-state index contributed by atoms with van der Waals surface area (Å²) in [4.78, 5) is 0. The maximum Gasteiger partial charge on any atom is 0.459 e. The van der Waals surface area contributed by atoms with E-state index < -0.39 is 23.8 Å². The number of methoxy groups -OCH3 is 1. The first kappa shape index (κ1) is 17.7. The third-order valence-electron chi connectivity index (χ3n) is 2.72. The summed E-state index contributed by atoms with van der Waals surface area (Å²) < 4.78 is 70.3. The average molecular weight is 329 g/mol. The number of ether oxygens (including phenoxy) is 1. The van der Waals surface area contributed by atoms with Crippen LogP contribution in [0.3, 0.4) is 0 Å². The van der Waals surface area contributed by atoms with Crippen molar-refractivity contribution in [2.75, 3.05) is 13.7 Å². The second kappa shape index (κ2) is 6.62. The number of rotatable bonds is 6. The lowest BCUT2D eigenvalue weighted by Gasteiger charge is -2.24. The molecule has 0 amide bonds. The number of thiocyanates is 1. The molecule has 4 nitrogen and oxygen atoms in total. The van der Waals surface area contributed by atoms with Gasteiger partial charge in [-0.3, -0.25) is 4.68 Å². The van der Waals surface area contributed by atoms with Crippen molar-refractivity contribution < 1.29 is 26.7 Å². The number of hydrogen-bond acceptors (Lipinski definition) is 4. The highest BCUT2D eigenvalue weighted by Gasteiger charge is 2.61. The second-order valence-corrected chi connectivity index (χ2v) is 4.90. The Morgan fingerprint density at radius 2 is 2.05 bits per heavy atom. The van der Waals surface area contributed by atoms with Gasteiger partial charge in [0, 0.05) is 24.9 Å². The molecule has 0 radical (unpaired) electrons. The van der Waals surface area contributed by atoms with E-state index in [0.717, 1.165) is 0 Å². The highest BCUT2D eigenvalue weighted by molar-refractivity contribution is 8.03. The van der Waals surface area contributed by atoms with E-state index in [-0.39, 0.29) is 18.1 Å². The van der Waals surface area contributed by atoms with Crippen LogP contribution in [-0.4, -0.2) is 29.7 Å². The van der Waals surface area contributed by atoms with Crippen molar-refractivity contribution in [3.63, 3.8) is 0 Å². The molecule has 1 heterocycles. The zero-order chi connectivity index (χ0) is 16.3. The Bertz CT molecular complexity index is 523. The lowest BCUT2D eigenvalue weighted by Crippen LogP contribution is -2.37. The maximum absolute atomic E-state index is 13.6. The fourth-order valence-corrected chi connectivity index (χ4v) is 2.07. The fraction of sp³-hybridized carbons (Fsp3) is 0.636. The van der Waals surface area contributed by atoms with Gasteiger partial charge in [0.05, 0.1) is 12.6 Å². The van der Waals surface area contributed by atoms with Crippen molar-refractivity contribution in [2.24, 2.45) is 0 Å². The van der Waals surface area contributed by atoms with E-state index in [1.54, 1.807) is 12.3 Å². The maximum atomic E-state index is 13.6. The van der Waals surface area contributed by atoms with Crippen LogP contribution in [0.4, 0.5) is 22.0 Å². The van der Waals surface area contributed by atoms with Crippen LogP contribution in [0.5, 0.6) is 0 Å². The zero-order valence-corrected chi connectivity index (χ0v) is 11.9. The van der Waals surface area contributed by atoms with Gasteiger partial charge in [0.25, 0.3) is 0 Å². The SMILES string of the molecule is CCC(COC)n1nc(SC#N)cc1C(F)(F)C(F)(F)F. The predicted octanol–water partition coefficient (Wildman–Crippen LogP) is 3.71. The zero-order valence-electron chi connectivity index (χ0n) is 11.1. The first-order valence-corrected chi connectivity index (χ1v) is 6.60. The Morgan fingerprint density at radius 1 is 1.43 bits per heavy atom. The van der Waals surface area contributed by atoms with Crippen LogP contribution in [0.1, 0.15) is 25.1 Å². The summed E-state index contributed by atoms with van der Waals surface area (Å²) in [6.45, 7) is 1.54. The van der Waals surface area contributed by atoms with E-state index in [9.17, 15) is 22.0 Å². The molecular weight excluding hydrogens is 317 g/mol. The van der Waals surface area contributed by atoms with E-state index in [1.165, 1.54) is 7.11 Å². The Balaban J connectivity index is 3.38. The molecule has 0 saturated carbocycles. The van der Waals surface area contributed by atoms with Gasteiger partial charge in [0.2, 0.25) is 0 Å².